The molecule has 136 valence electrons. The average Bonchev–Trinajstić information content (AvgIpc) is 2.81. The molecule has 0 nitrogen and oxygen atoms in total. The summed E-state index contributed by atoms with van der Waals surface area (Å²) < 4.78 is 0. The largest absolute Gasteiger partial charge is 0.0616 e. The second kappa shape index (κ2) is 4.98. The van der Waals surface area contributed by atoms with Crippen molar-refractivity contribution in [1.29, 1.82) is 0 Å². The van der Waals surface area contributed by atoms with Gasteiger partial charge < -0.3 is 0 Å². The summed E-state index contributed by atoms with van der Waals surface area (Å²) in [7, 11) is 0. The SMILES string of the molecule is c1ccc2c(c1)cc1c3cc4cccc5ccc6ccc(c7cccc2c71)c3c6c54. The molecule has 30 heavy (non-hydrogen) atoms. The first-order valence-electron chi connectivity index (χ1n) is 10.5. The zero-order valence-electron chi connectivity index (χ0n) is 16.2. The summed E-state index contributed by atoms with van der Waals surface area (Å²) in [6.07, 6.45) is 0. The molecule has 0 unspecified atom stereocenters. The van der Waals surface area contributed by atoms with E-state index in [1.165, 1.54) is 75.4 Å². The van der Waals surface area contributed by atoms with Crippen LogP contribution in [0, 0.1) is 0 Å². The highest BCUT2D eigenvalue weighted by molar-refractivity contribution is 6.41. The van der Waals surface area contributed by atoms with Gasteiger partial charge in [-0.25, -0.2) is 0 Å². The van der Waals surface area contributed by atoms with Gasteiger partial charge in [0, 0.05) is 0 Å². The molecule has 0 aliphatic rings. The highest BCUT2D eigenvalue weighted by atomic mass is 14.2. The fourth-order valence-corrected chi connectivity index (χ4v) is 5.89. The lowest BCUT2D eigenvalue weighted by Crippen LogP contribution is -1.91. The van der Waals surface area contributed by atoms with E-state index in [1.807, 2.05) is 0 Å². The molecule has 0 radical (unpaired) electrons. The molecule has 0 aliphatic heterocycles. The summed E-state index contributed by atoms with van der Waals surface area (Å²) in [5.41, 5.74) is 0. The van der Waals surface area contributed by atoms with Crippen molar-refractivity contribution in [1.82, 2.24) is 0 Å². The van der Waals surface area contributed by atoms with Gasteiger partial charge in [-0.2, -0.15) is 0 Å². The Kier molecular flexibility index (Phi) is 2.49. The zero-order chi connectivity index (χ0) is 19.4. The molecule has 0 amide bonds. The lowest BCUT2D eigenvalue weighted by Gasteiger charge is -2.19. The van der Waals surface area contributed by atoms with Crippen molar-refractivity contribution in [3.8, 4) is 0 Å². The predicted octanol–water partition coefficient (Wildman–Crippen LogP) is 8.63. The summed E-state index contributed by atoms with van der Waals surface area (Å²) in [4.78, 5) is 0. The van der Waals surface area contributed by atoms with E-state index in [0.717, 1.165) is 0 Å². The molecule has 0 N–H and O–H groups in total. The maximum Gasteiger partial charge on any atom is -0.00137 e. The lowest BCUT2D eigenvalue weighted by molar-refractivity contribution is 1.79. The van der Waals surface area contributed by atoms with Crippen LogP contribution in [0.1, 0.15) is 0 Å². The van der Waals surface area contributed by atoms with Crippen molar-refractivity contribution < 1.29 is 0 Å². The van der Waals surface area contributed by atoms with Gasteiger partial charge in [-0.1, -0.05) is 84.9 Å². The summed E-state index contributed by atoms with van der Waals surface area (Å²) in [6.45, 7) is 0. The van der Waals surface area contributed by atoms with Crippen LogP contribution in [0.4, 0.5) is 0 Å². The summed E-state index contributed by atoms with van der Waals surface area (Å²) >= 11 is 0. The molecule has 0 heteroatoms. The smallest absolute Gasteiger partial charge is 0.00137 e. The van der Waals surface area contributed by atoms with Crippen molar-refractivity contribution >= 4 is 75.4 Å². The quantitative estimate of drug-likeness (QED) is 0.183. The van der Waals surface area contributed by atoms with Gasteiger partial charge in [0.15, 0.2) is 0 Å². The van der Waals surface area contributed by atoms with Gasteiger partial charge >= 0.3 is 0 Å². The van der Waals surface area contributed by atoms with E-state index in [-0.39, 0.29) is 0 Å². The Labute approximate surface area is 172 Å². The first kappa shape index (κ1) is 15.0. The Morgan fingerprint density at radius 2 is 0.833 bits per heavy atom. The average molecular weight is 376 g/mol. The number of benzene rings is 8. The molecule has 0 atom stereocenters. The van der Waals surface area contributed by atoms with Crippen molar-refractivity contribution in [2.24, 2.45) is 0 Å². The minimum atomic E-state index is 1.31. The standard InChI is InChI=1S/C30H16/c1-2-8-21-19(5-1)15-25-26-16-20-7-3-6-17-11-12-18-13-14-24(30(26)28(18)27(17)20)23-10-4-9-22(21)29(23)25/h1-16H. The highest BCUT2D eigenvalue weighted by Gasteiger charge is 2.18. The van der Waals surface area contributed by atoms with Gasteiger partial charge in [0.2, 0.25) is 0 Å². The van der Waals surface area contributed by atoms with Crippen molar-refractivity contribution in [2.45, 2.75) is 0 Å². The van der Waals surface area contributed by atoms with E-state index >= 15 is 0 Å². The molecule has 0 bridgehead atoms. The van der Waals surface area contributed by atoms with E-state index in [2.05, 4.69) is 97.1 Å². The van der Waals surface area contributed by atoms with Crippen molar-refractivity contribution in [3.63, 3.8) is 0 Å². The van der Waals surface area contributed by atoms with Crippen LogP contribution in [-0.2, 0) is 0 Å². The third-order valence-corrected chi connectivity index (χ3v) is 7.09. The molecule has 0 saturated carbocycles. The lowest BCUT2D eigenvalue weighted by atomic mass is 9.84. The monoisotopic (exact) mass is 376 g/mol. The highest BCUT2D eigenvalue weighted by Crippen LogP contribution is 2.46. The Balaban J connectivity index is 1.83. The minimum absolute atomic E-state index is 1.31. The fourth-order valence-electron chi connectivity index (χ4n) is 5.89. The maximum atomic E-state index is 2.42. The third kappa shape index (κ3) is 1.62. The van der Waals surface area contributed by atoms with Crippen molar-refractivity contribution in [3.05, 3.63) is 97.1 Å². The number of rotatable bonds is 0. The normalized spacial score (nSPS) is 12.7. The van der Waals surface area contributed by atoms with Gasteiger partial charge in [-0.15, -0.1) is 0 Å². The first-order chi connectivity index (χ1) is 14.9. The predicted molar refractivity (Wildman–Crippen MR) is 131 cm³/mol. The minimum Gasteiger partial charge on any atom is -0.0616 e. The Hall–Kier alpha value is -3.90. The summed E-state index contributed by atoms with van der Waals surface area (Å²) in [5, 5.41) is 19.1. The van der Waals surface area contributed by atoms with Crippen LogP contribution in [0.2, 0.25) is 0 Å². The van der Waals surface area contributed by atoms with Crippen molar-refractivity contribution in [2.75, 3.05) is 0 Å². The van der Waals surface area contributed by atoms with E-state index in [9.17, 15) is 0 Å². The Morgan fingerprint density at radius 1 is 0.267 bits per heavy atom. The van der Waals surface area contributed by atoms with Gasteiger partial charge in [0.25, 0.3) is 0 Å². The molecule has 0 heterocycles. The second-order valence-corrected chi connectivity index (χ2v) is 8.53. The molecule has 0 aromatic heterocycles. The topological polar surface area (TPSA) is 0 Å². The van der Waals surface area contributed by atoms with Crippen LogP contribution < -0.4 is 0 Å². The molecule has 8 aromatic rings. The third-order valence-electron chi connectivity index (χ3n) is 7.09. The number of hydrogen-bond donors (Lipinski definition) is 0. The molecule has 0 aliphatic carbocycles. The van der Waals surface area contributed by atoms with Gasteiger partial charge in [0.05, 0.1) is 0 Å². The molecule has 8 aromatic carbocycles. The number of fused-ring (bicyclic) bond motifs is 4. The molecular formula is C30H16. The van der Waals surface area contributed by atoms with Crippen LogP contribution in [0.3, 0.4) is 0 Å². The molecule has 8 rings (SSSR count). The summed E-state index contributed by atoms with van der Waals surface area (Å²) in [6, 6.07) is 36.3. The zero-order valence-corrected chi connectivity index (χ0v) is 16.2. The Bertz CT molecular complexity index is 1940. The van der Waals surface area contributed by atoms with Gasteiger partial charge in [-0.3, -0.25) is 0 Å². The van der Waals surface area contributed by atoms with Crippen LogP contribution in [0.25, 0.3) is 75.4 Å². The van der Waals surface area contributed by atoms with E-state index < -0.39 is 0 Å². The van der Waals surface area contributed by atoms with E-state index in [4.69, 9.17) is 0 Å². The van der Waals surface area contributed by atoms with E-state index in [1.54, 1.807) is 0 Å². The number of hydrogen-bond acceptors (Lipinski definition) is 0. The second-order valence-electron chi connectivity index (χ2n) is 8.53. The van der Waals surface area contributed by atoms with E-state index in [0.29, 0.717) is 0 Å². The maximum absolute atomic E-state index is 2.42. The van der Waals surface area contributed by atoms with Gasteiger partial charge in [0.1, 0.15) is 0 Å². The summed E-state index contributed by atoms with van der Waals surface area (Å²) in [5.74, 6) is 0. The first-order valence-corrected chi connectivity index (χ1v) is 10.5. The van der Waals surface area contributed by atoms with Crippen LogP contribution in [0.5, 0.6) is 0 Å². The van der Waals surface area contributed by atoms with Crippen LogP contribution in [0.15, 0.2) is 97.1 Å². The van der Waals surface area contributed by atoms with Crippen LogP contribution in [-0.4, -0.2) is 0 Å². The molecule has 0 spiro atoms. The fraction of sp³-hybridized carbons (Fsp3) is 0. The Morgan fingerprint density at radius 3 is 1.77 bits per heavy atom. The molecular weight excluding hydrogens is 360 g/mol. The van der Waals surface area contributed by atoms with Crippen LogP contribution >= 0.6 is 0 Å². The molecule has 0 fully saturated rings. The van der Waals surface area contributed by atoms with Gasteiger partial charge in [-0.05, 0) is 87.5 Å². The molecule has 0 saturated heterocycles.